The van der Waals surface area contributed by atoms with Gasteiger partial charge in [0.2, 0.25) is 10.0 Å². The maximum Gasteiger partial charge on any atom is 0.209 e. The highest BCUT2D eigenvalue weighted by atomic mass is 32.2. The number of hydrogen-bond donors (Lipinski definition) is 1. The lowest BCUT2D eigenvalue weighted by atomic mass is 10.2. The molecule has 0 aromatic heterocycles. The molecule has 0 atom stereocenters. The summed E-state index contributed by atoms with van der Waals surface area (Å²) in [5.74, 6) is 1.30. The summed E-state index contributed by atoms with van der Waals surface area (Å²) in [5.41, 5.74) is 0.826. The summed E-state index contributed by atoms with van der Waals surface area (Å²) < 4.78 is 35.4. The molecule has 6 heteroatoms. The zero-order chi connectivity index (χ0) is 13.6. The van der Waals surface area contributed by atoms with Crippen LogP contribution >= 0.6 is 0 Å². The molecule has 1 aromatic rings. The van der Waals surface area contributed by atoms with E-state index in [1.165, 1.54) is 0 Å². The Morgan fingerprint density at radius 1 is 1.11 bits per heavy atom. The van der Waals surface area contributed by atoms with Crippen molar-refractivity contribution in [1.29, 1.82) is 0 Å². The average molecular weight is 273 g/mol. The third-order valence-corrected chi connectivity index (χ3v) is 2.82. The molecule has 0 spiro atoms. The summed E-state index contributed by atoms with van der Waals surface area (Å²) >= 11 is 0. The zero-order valence-electron chi connectivity index (χ0n) is 10.9. The van der Waals surface area contributed by atoms with Gasteiger partial charge in [0.1, 0.15) is 0 Å². The quantitative estimate of drug-likeness (QED) is 0.818. The van der Waals surface area contributed by atoms with Crippen LogP contribution in [0.1, 0.15) is 19.4 Å². The number of hydrogen-bond acceptors (Lipinski definition) is 4. The molecule has 0 aliphatic carbocycles. The third-order valence-electron chi connectivity index (χ3n) is 2.15. The Morgan fingerprint density at radius 2 is 1.72 bits per heavy atom. The van der Waals surface area contributed by atoms with Gasteiger partial charge in [-0.05, 0) is 31.5 Å². The van der Waals surface area contributed by atoms with E-state index in [1.807, 2.05) is 19.9 Å². The lowest BCUT2D eigenvalue weighted by Crippen LogP contribution is -2.21. The Morgan fingerprint density at radius 3 is 2.28 bits per heavy atom. The van der Waals surface area contributed by atoms with Gasteiger partial charge in [-0.15, -0.1) is 0 Å². The van der Waals surface area contributed by atoms with Crippen LogP contribution in [-0.2, 0) is 16.6 Å². The normalized spacial score (nSPS) is 11.3. The molecular weight excluding hydrogens is 254 g/mol. The van der Waals surface area contributed by atoms with Crippen LogP contribution in [0, 0.1) is 0 Å². The lowest BCUT2D eigenvalue weighted by Gasteiger charge is -2.12. The van der Waals surface area contributed by atoms with Gasteiger partial charge in [0.05, 0.1) is 19.5 Å². The van der Waals surface area contributed by atoms with Crippen LogP contribution in [0.3, 0.4) is 0 Å². The Balaban J connectivity index is 2.85. The van der Waals surface area contributed by atoms with E-state index < -0.39 is 10.0 Å². The Bertz CT molecular complexity index is 485. The zero-order valence-corrected chi connectivity index (χ0v) is 11.7. The summed E-state index contributed by atoms with van der Waals surface area (Å²) in [7, 11) is -3.19. The molecule has 102 valence electrons. The molecule has 0 saturated heterocycles. The van der Waals surface area contributed by atoms with Crippen molar-refractivity contribution in [2.24, 2.45) is 0 Å². The van der Waals surface area contributed by atoms with Crippen LogP contribution in [0.5, 0.6) is 11.5 Å². The fourth-order valence-corrected chi connectivity index (χ4v) is 1.85. The van der Waals surface area contributed by atoms with Crippen LogP contribution in [0.15, 0.2) is 18.2 Å². The van der Waals surface area contributed by atoms with E-state index in [9.17, 15) is 8.42 Å². The van der Waals surface area contributed by atoms with Crippen molar-refractivity contribution >= 4 is 10.0 Å². The minimum atomic E-state index is -3.19. The number of rotatable bonds is 7. The number of ether oxygens (including phenoxy) is 2. The van der Waals surface area contributed by atoms with E-state index >= 15 is 0 Å². The molecular formula is C12H19NO4S. The first-order valence-electron chi connectivity index (χ1n) is 5.79. The molecule has 0 bridgehead atoms. The molecule has 0 amide bonds. The second-order valence-corrected chi connectivity index (χ2v) is 5.57. The van der Waals surface area contributed by atoms with Crippen LogP contribution in [0.4, 0.5) is 0 Å². The molecule has 0 heterocycles. The second kappa shape index (κ2) is 6.61. The van der Waals surface area contributed by atoms with Gasteiger partial charge in [-0.3, -0.25) is 0 Å². The van der Waals surface area contributed by atoms with E-state index in [0.29, 0.717) is 24.7 Å². The van der Waals surface area contributed by atoms with Crippen molar-refractivity contribution < 1.29 is 17.9 Å². The predicted octanol–water partition coefficient (Wildman–Crippen LogP) is 1.53. The van der Waals surface area contributed by atoms with E-state index in [4.69, 9.17) is 9.47 Å². The summed E-state index contributed by atoms with van der Waals surface area (Å²) in [6.07, 6.45) is 1.13. The Kier molecular flexibility index (Phi) is 5.43. The average Bonchev–Trinajstić information content (AvgIpc) is 2.29. The maximum absolute atomic E-state index is 11.0. The molecule has 0 radical (unpaired) electrons. The number of nitrogens with one attached hydrogen (secondary N) is 1. The number of sulfonamides is 1. The van der Waals surface area contributed by atoms with Gasteiger partial charge in [-0.2, -0.15) is 0 Å². The van der Waals surface area contributed by atoms with Crippen molar-refractivity contribution in [1.82, 2.24) is 4.72 Å². The van der Waals surface area contributed by atoms with E-state index in [2.05, 4.69) is 4.72 Å². The molecule has 5 nitrogen and oxygen atoms in total. The fourth-order valence-electron chi connectivity index (χ4n) is 1.42. The maximum atomic E-state index is 11.0. The summed E-state index contributed by atoms with van der Waals surface area (Å²) in [6.45, 7) is 5.11. The predicted molar refractivity (Wildman–Crippen MR) is 70.5 cm³/mol. The van der Waals surface area contributed by atoms with Crippen molar-refractivity contribution in [2.45, 2.75) is 20.4 Å². The van der Waals surface area contributed by atoms with Crippen LogP contribution < -0.4 is 14.2 Å². The highest BCUT2D eigenvalue weighted by Gasteiger charge is 2.07. The molecule has 0 aliphatic rings. The smallest absolute Gasteiger partial charge is 0.209 e. The summed E-state index contributed by atoms with van der Waals surface area (Å²) in [4.78, 5) is 0. The van der Waals surface area contributed by atoms with Gasteiger partial charge < -0.3 is 9.47 Å². The molecule has 0 saturated carbocycles. The first-order chi connectivity index (χ1) is 8.46. The standard InChI is InChI=1S/C12H19NO4S/c1-4-16-11-7-6-10(8-12(11)17-5-2)9-13-18(3,14)15/h6-8,13H,4-5,9H2,1-3H3. The topological polar surface area (TPSA) is 64.6 Å². The van der Waals surface area contributed by atoms with Gasteiger partial charge in [0.15, 0.2) is 11.5 Å². The van der Waals surface area contributed by atoms with Crippen molar-refractivity contribution in [3.05, 3.63) is 23.8 Å². The molecule has 1 N–H and O–H groups in total. The molecule has 0 aliphatic heterocycles. The first kappa shape index (κ1) is 14.8. The fraction of sp³-hybridized carbons (Fsp3) is 0.500. The van der Waals surface area contributed by atoms with Gasteiger partial charge in [0.25, 0.3) is 0 Å². The van der Waals surface area contributed by atoms with Gasteiger partial charge >= 0.3 is 0 Å². The van der Waals surface area contributed by atoms with Gasteiger partial charge in [0, 0.05) is 6.54 Å². The first-order valence-corrected chi connectivity index (χ1v) is 7.68. The minimum absolute atomic E-state index is 0.241. The Hall–Kier alpha value is -1.27. The third kappa shape index (κ3) is 4.93. The summed E-state index contributed by atoms with van der Waals surface area (Å²) in [5, 5.41) is 0. The van der Waals surface area contributed by atoms with Crippen molar-refractivity contribution in [3.63, 3.8) is 0 Å². The monoisotopic (exact) mass is 273 g/mol. The lowest BCUT2D eigenvalue weighted by molar-refractivity contribution is 0.287. The SMILES string of the molecule is CCOc1ccc(CNS(C)(=O)=O)cc1OCC. The molecule has 0 fully saturated rings. The second-order valence-electron chi connectivity index (χ2n) is 3.74. The summed E-state index contributed by atoms with van der Waals surface area (Å²) in [6, 6.07) is 5.38. The molecule has 1 aromatic carbocycles. The van der Waals surface area contributed by atoms with Gasteiger partial charge in [-0.25, -0.2) is 13.1 Å². The molecule has 1 rings (SSSR count). The van der Waals surface area contributed by atoms with Crippen LogP contribution in [0.25, 0.3) is 0 Å². The van der Waals surface area contributed by atoms with Crippen molar-refractivity contribution in [3.8, 4) is 11.5 Å². The minimum Gasteiger partial charge on any atom is -0.490 e. The largest absolute Gasteiger partial charge is 0.490 e. The van der Waals surface area contributed by atoms with E-state index in [1.54, 1.807) is 12.1 Å². The molecule has 0 unspecified atom stereocenters. The number of benzene rings is 1. The highest BCUT2D eigenvalue weighted by molar-refractivity contribution is 7.88. The van der Waals surface area contributed by atoms with Gasteiger partial charge in [-0.1, -0.05) is 6.07 Å². The van der Waals surface area contributed by atoms with Crippen LogP contribution in [0.2, 0.25) is 0 Å². The highest BCUT2D eigenvalue weighted by Crippen LogP contribution is 2.28. The van der Waals surface area contributed by atoms with E-state index in [0.717, 1.165) is 11.8 Å². The van der Waals surface area contributed by atoms with Crippen LogP contribution in [-0.4, -0.2) is 27.9 Å². The van der Waals surface area contributed by atoms with Crippen molar-refractivity contribution in [2.75, 3.05) is 19.5 Å². The van der Waals surface area contributed by atoms with E-state index in [-0.39, 0.29) is 6.54 Å². The Labute approximate surface area is 108 Å². The molecule has 18 heavy (non-hydrogen) atoms.